The van der Waals surface area contributed by atoms with Gasteiger partial charge in [0.1, 0.15) is 5.75 Å². The molecule has 1 rings (SSSR count). The molecule has 0 saturated carbocycles. The third kappa shape index (κ3) is 3.30. The summed E-state index contributed by atoms with van der Waals surface area (Å²) < 4.78 is 9.95. The van der Waals surface area contributed by atoms with Crippen molar-refractivity contribution in [3.05, 3.63) is 29.3 Å². The van der Waals surface area contributed by atoms with Crippen molar-refractivity contribution in [1.82, 2.24) is 0 Å². The largest absolute Gasteiger partial charge is 0.496 e. The Balaban J connectivity index is 3.08. The lowest BCUT2D eigenvalue weighted by molar-refractivity contribution is 0.0525. The first kappa shape index (κ1) is 13.7. The van der Waals surface area contributed by atoms with E-state index in [9.17, 15) is 9.59 Å². The summed E-state index contributed by atoms with van der Waals surface area (Å²) in [6, 6.07) is 4.62. The van der Waals surface area contributed by atoms with Crippen LogP contribution in [0.2, 0.25) is 0 Å². The standard InChI is InChI=1S/C12H13BrO4/c1-3-17-12(15)8-4-5-9(10(14)7-13)11(6-8)16-2/h4-6H,3,7H2,1-2H3. The van der Waals surface area contributed by atoms with E-state index in [2.05, 4.69) is 15.9 Å². The molecule has 17 heavy (non-hydrogen) atoms. The number of carbonyl (C=O) groups excluding carboxylic acids is 2. The number of esters is 1. The smallest absolute Gasteiger partial charge is 0.338 e. The van der Waals surface area contributed by atoms with Gasteiger partial charge in [-0.1, -0.05) is 15.9 Å². The molecule has 0 aliphatic heterocycles. The fraction of sp³-hybridized carbons (Fsp3) is 0.333. The molecule has 0 fully saturated rings. The number of hydrogen-bond acceptors (Lipinski definition) is 4. The number of methoxy groups -OCH3 is 1. The Morgan fingerprint density at radius 2 is 2.06 bits per heavy atom. The molecule has 1 aromatic carbocycles. The van der Waals surface area contributed by atoms with Crippen LogP contribution < -0.4 is 4.74 Å². The van der Waals surface area contributed by atoms with Crippen LogP contribution in [0, 0.1) is 0 Å². The van der Waals surface area contributed by atoms with E-state index in [0.717, 1.165) is 0 Å². The fourth-order valence-corrected chi connectivity index (χ4v) is 1.64. The number of alkyl halides is 1. The highest BCUT2D eigenvalue weighted by Crippen LogP contribution is 2.21. The lowest BCUT2D eigenvalue weighted by atomic mass is 10.1. The lowest BCUT2D eigenvalue weighted by Crippen LogP contribution is -2.08. The predicted molar refractivity (Wildman–Crippen MR) is 67.1 cm³/mol. The van der Waals surface area contributed by atoms with Gasteiger partial charge in [-0.2, -0.15) is 0 Å². The minimum absolute atomic E-state index is 0.0998. The van der Waals surface area contributed by atoms with Gasteiger partial charge in [0.05, 0.1) is 30.2 Å². The molecule has 0 N–H and O–H groups in total. The summed E-state index contributed by atoms with van der Waals surface area (Å²) in [5.41, 5.74) is 0.812. The summed E-state index contributed by atoms with van der Waals surface area (Å²) in [4.78, 5) is 23.0. The van der Waals surface area contributed by atoms with Gasteiger partial charge >= 0.3 is 5.97 Å². The highest BCUT2D eigenvalue weighted by atomic mass is 79.9. The average molecular weight is 301 g/mol. The van der Waals surface area contributed by atoms with Crippen molar-refractivity contribution in [3.63, 3.8) is 0 Å². The van der Waals surface area contributed by atoms with E-state index in [1.54, 1.807) is 19.1 Å². The van der Waals surface area contributed by atoms with Crippen molar-refractivity contribution >= 4 is 27.7 Å². The zero-order chi connectivity index (χ0) is 12.8. The Labute approximate surface area is 108 Å². The number of hydrogen-bond donors (Lipinski definition) is 0. The van der Waals surface area contributed by atoms with Gasteiger partial charge in [0, 0.05) is 0 Å². The maximum absolute atomic E-state index is 11.6. The van der Waals surface area contributed by atoms with Crippen LogP contribution in [0.1, 0.15) is 27.6 Å². The molecular weight excluding hydrogens is 288 g/mol. The third-order valence-corrected chi connectivity index (χ3v) is 2.64. The molecule has 0 spiro atoms. The highest BCUT2D eigenvalue weighted by molar-refractivity contribution is 9.09. The van der Waals surface area contributed by atoms with Gasteiger partial charge in [0.25, 0.3) is 0 Å². The first-order chi connectivity index (χ1) is 8.13. The van der Waals surface area contributed by atoms with E-state index in [1.807, 2.05) is 0 Å². The lowest BCUT2D eigenvalue weighted by Gasteiger charge is -2.08. The van der Waals surface area contributed by atoms with Crippen LogP contribution in [0.15, 0.2) is 18.2 Å². The Kier molecular flexibility index (Phi) is 5.15. The van der Waals surface area contributed by atoms with Gasteiger partial charge in [0.2, 0.25) is 0 Å². The summed E-state index contributed by atoms with van der Waals surface area (Å²) in [6.45, 7) is 2.04. The van der Waals surface area contributed by atoms with Crippen molar-refractivity contribution in [2.75, 3.05) is 19.0 Å². The molecule has 0 aliphatic carbocycles. The molecule has 0 aromatic heterocycles. The zero-order valence-electron chi connectivity index (χ0n) is 9.66. The summed E-state index contributed by atoms with van der Waals surface area (Å²) in [5.74, 6) is -0.152. The molecule has 92 valence electrons. The van der Waals surface area contributed by atoms with E-state index >= 15 is 0 Å². The molecular formula is C12H13BrO4. The van der Waals surface area contributed by atoms with E-state index < -0.39 is 5.97 Å². The van der Waals surface area contributed by atoms with E-state index in [0.29, 0.717) is 23.5 Å². The van der Waals surface area contributed by atoms with E-state index in [4.69, 9.17) is 9.47 Å². The second kappa shape index (κ2) is 6.39. The maximum Gasteiger partial charge on any atom is 0.338 e. The molecule has 0 bridgehead atoms. The van der Waals surface area contributed by atoms with E-state index in [1.165, 1.54) is 13.2 Å². The van der Waals surface area contributed by atoms with Crippen LogP contribution >= 0.6 is 15.9 Å². The van der Waals surface area contributed by atoms with E-state index in [-0.39, 0.29) is 11.1 Å². The molecule has 0 heterocycles. The summed E-state index contributed by atoms with van der Waals surface area (Å²) in [6.07, 6.45) is 0. The first-order valence-corrected chi connectivity index (χ1v) is 6.20. The molecule has 0 unspecified atom stereocenters. The maximum atomic E-state index is 11.6. The van der Waals surface area contributed by atoms with Crippen molar-refractivity contribution in [2.45, 2.75) is 6.92 Å². The number of carbonyl (C=O) groups is 2. The van der Waals surface area contributed by atoms with Gasteiger partial charge < -0.3 is 9.47 Å². The number of Topliss-reactive ketones (excluding diaryl/α,β-unsaturated/α-hetero) is 1. The topological polar surface area (TPSA) is 52.6 Å². The molecule has 1 aromatic rings. The Morgan fingerprint density at radius 3 is 2.59 bits per heavy atom. The summed E-state index contributed by atoms with van der Waals surface area (Å²) in [5, 5.41) is 0.210. The molecule has 0 aliphatic rings. The van der Waals surface area contributed by atoms with Gasteiger partial charge in [0.15, 0.2) is 5.78 Å². The van der Waals surface area contributed by atoms with Crippen molar-refractivity contribution in [1.29, 1.82) is 0 Å². The van der Waals surface area contributed by atoms with Gasteiger partial charge in [-0.15, -0.1) is 0 Å². The van der Waals surface area contributed by atoms with Crippen molar-refractivity contribution in [2.24, 2.45) is 0 Å². The van der Waals surface area contributed by atoms with Crippen LogP contribution in [-0.2, 0) is 4.74 Å². The summed E-state index contributed by atoms with van der Waals surface area (Å²) in [7, 11) is 1.45. The Bertz CT molecular complexity index is 429. The molecule has 0 amide bonds. The minimum Gasteiger partial charge on any atom is -0.496 e. The minimum atomic E-state index is -0.427. The number of ketones is 1. The second-order valence-corrected chi connectivity index (χ2v) is 3.75. The Hall–Kier alpha value is -1.36. The van der Waals surface area contributed by atoms with Crippen LogP contribution in [0.5, 0.6) is 5.75 Å². The third-order valence-electron chi connectivity index (χ3n) is 2.13. The Morgan fingerprint density at radius 1 is 1.35 bits per heavy atom. The number of rotatable bonds is 5. The normalized spacial score (nSPS) is 9.82. The van der Waals surface area contributed by atoms with Crippen molar-refractivity contribution in [3.8, 4) is 5.75 Å². The van der Waals surface area contributed by atoms with Gasteiger partial charge in [-0.25, -0.2) is 4.79 Å². The molecule has 0 radical (unpaired) electrons. The number of ether oxygens (including phenoxy) is 2. The molecule has 0 atom stereocenters. The molecule has 5 heteroatoms. The number of halogens is 1. The predicted octanol–water partition coefficient (Wildman–Crippen LogP) is 2.45. The van der Waals surface area contributed by atoms with Crippen LogP contribution in [-0.4, -0.2) is 30.8 Å². The number of benzene rings is 1. The highest BCUT2D eigenvalue weighted by Gasteiger charge is 2.14. The van der Waals surface area contributed by atoms with Gasteiger partial charge in [-0.3, -0.25) is 4.79 Å². The molecule has 4 nitrogen and oxygen atoms in total. The van der Waals surface area contributed by atoms with Crippen LogP contribution in [0.25, 0.3) is 0 Å². The summed E-state index contributed by atoms with van der Waals surface area (Å²) >= 11 is 3.09. The van der Waals surface area contributed by atoms with Crippen LogP contribution in [0.3, 0.4) is 0 Å². The van der Waals surface area contributed by atoms with Crippen molar-refractivity contribution < 1.29 is 19.1 Å². The second-order valence-electron chi connectivity index (χ2n) is 3.19. The molecule has 0 saturated heterocycles. The van der Waals surface area contributed by atoms with Gasteiger partial charge in [-0.05, 0) is 25.1 Å². The average Bonchev–Trinajstić information content (AvgIpc) is 2.37. The zero-order valence-corrected chi connectivity index (χ0v) is 11.2. The SMILES string of the molecule is CCOC(=O)c1ccc(C(=O)CBr)c(OC)c1. The monoisotopic (exact) mass is 300 g/mol. The van der Waals surface area contributed by atoms with Crippen LogP contribution in [0.4, 0.5) is 0 Å². The quantitative estimate of drug-likeness (QED) is 0.476. The fourth-order valence-electron chi connectivity index (χ4n) is 1.33. The first-order valence-electron chi connectivity index (χ1n) is 5.08.